The van der Waals surface area contributed by atoms with E-state index < -0.39 is 0 Å². The molecule has 0 amide bonds. The van der Waals surface area contributed by atoms with Gasteiger partial charge in [0.2, 0.25) is 0 Å². The molecule has 0 aliphatic carbocycles. The van der Waals surface area contributed by atoms with Gasteiger partial charge in [0, 0.05) is 8.04 Å². The highest BCUT2D eigenvalue weighted by Crippen LogP contribution is 2.33. The Bertz CT molecular complexity index is 260. The molecular weight excluding hydrogens is 335 g/mol. The van der Waals surface area contributed by atoms with Crippen LogP contribution in [0.5, 0.6) is 11.5 Å². The maximum absolute atomic E-state index is 5.12. The lowest BCUT2D eigenvalue weighted by Crippen LogP contribution is -1.91. The summed E-state index contributed by atoms with van der Waals surface area (Å²) in [4.78, 5) is 0. The van der Waals surface area contributed by atoms with E-state index >= 15 is 0 Å². The lowest BCUT2D eigenvalue weighted by atomic mass is 10.3. The molecule has 1 aromatic carbocycles. The van der Waals surface area contributed by atoms with Crippen molar-refractivity contribution in [2.75, 3.05) is 14.2 Å². The molecule has 0 fully saturated rings. The van der Waals surface area contributed by atoms with Gasteiger partial charge in [0.1, 0.15) is 0 Å². The largest absolute Gasteiger partial charge is 0.493 e. The Labute approximate surface area is 93.5 Å². The summed E-state index contributed by atoms with van der Waals surface area (Å²) in [5.41, 5.74) is 0. The molecule has 1 aromatic rings. The number of benzene rings is 1. The molecule has 0 atom stereocenters. The van der Waals surface area contributed by atoms with Gasteiger partial charge in [0.05, 0.1) is 14.2 Å². The SMILES string of the molecule is COc1cc(Br)c(I)cc1OC. The minimum atomic E-state index is 0.741. The van der Waals surface area contributed by atoms with Gasteiger partial charge in [0.25, 0.3) is 0 Å². The highest BCUT2D eigenvalue weighted by atomic mass is 127. The first-order valence-corrected chi connectivity index (χ1v) is 5.13. The van der Waals surface area contributed by atoms with Gasteiger partial charge in [-0.05, 0) is 50.7 Å². The van der Waals surface area contributed by atoms with Crippen molar-refractivity contribution in [2.45, 2.75) is 0 Å². The van der Waals surface area contributed by atoms with Crippen molar-refractivity contribution >= 4 is 38.5 Å². The molecule has 4 heteroatoms. The van der Waals surface area contributed by atoms with Crippen molar-refractivity contribution in [3.63, 3.8) is 0 Å². The van der Waals surface area contributed by atoms with E-state index in [-0.39, 0.29) is 0 Å². The van der Waals surface area contributed by atoms with Crippen LogP contribution in [-0.4, -0.2) is 14.2 Å². The average molecular weight is 343 g/mol. The highest BCUT2D eigenvalue weighted by molar-refractivity contribution is 14.1. The van der Waals surface area contributed by atoms with Crippen molar-refractivity contribution < 1.29 is 9.47 Å². The number of hydrogen-bond acceptors (Lipinski definition) is 2. The monoisotopic (exact) mass is 342 g/mol. The summed E-state index contributed by atoms with van der Waals surface area (Å²) >= 11 is 5.63. The summed E-state index contributed by atoms with van der Waals surface area (Å²) in [6, 6.07) is 3.81. The van der Waals surface area contributed by atoms with Gasteiger partial charge in [0.15, 0.2) is 11.5 Å². The quantitative estimate of drug-likeness (QED) is 0.769. The van der Waals surface area contributed by atoms with Crippen LogP contribution in [0.3, 0.4) is 0 Å². The molecule has 0 heterocycles. The van der Waals surface area contributed by atoms with Crippen LogP contribution in [0.25, 0.3) is 0 Å². The number of methoxy groups -OCH3 is 2. The van der Waals surface area contributed by atoms with E-state index in [1.165, 1.54) is 0 Å². The summed E-state index contributed by atoms with van der Waals surface area (Å²) in [5, 5.41) is 0. The van der Waals surface area contributed by atoms with Gasteiger partial charge in [-0.1, -0.05) is 0 Å². The van der Waals surface area contributed by atoms with Crippen LogP contribution >= 0.6 is 38.5 Å². The van der Waals surface area contributed by atoms with Gasteiger partial charge in [-0.15, -0.1) is 0 Å². The van der Waals surface area contributed by atoms with Crippen LogP contribution in [0.4, 0.5) is 0 Å². The first kappa shape index (κ1) is 10.1. The Hall–Kier alpha value is 0.0300. The molecule has 66 valence electrons. The third-order valence-electron chi connectivity index (χ3n) is 1.43. The Morgan fingerprint density at radius 1 is 1.17 bits per heavy atom. The Kier molecular flexibility index (Phi) is 3.64. The molecule has 1 rings (SSSR count). The van der Waals surface area contributed by atoms with E-state index in [1.54, 1.807) is 14.2 Å². The molecule has 0 saturated heterocycles. The third-order valence-corrected chi connectivity index (χ3v) is 3.72. The molecule has 2 nitrogen and oxygen atoms in total. The fraction of sp³-hybridized carbons (Fsp3) is 0.250. The summed E-state index contributed by atoms with van der Waals surface area (Å²) < 4.78 is 12.4. The van der Waals surface area contributed by atoms with E-state index in [0.717, 1.165) is 19.5 Å². The van der Waals surface area contributed by atoms with Gasteiger partial charge in [-0.25, -0.2) is 0 Å². The third kappa shape index (κ3) is 2.04. The summed E-state index contributed by atoms with van der Waals surface area (Å²) in [6.07, 6.45) is 0. The second-order valence-electron chi connectivity index (χ2n) is 2.12. The van der Waals surface area contributed by atoms with E-state index in [1.807, 2.05) is 12.1 Å². The molecule has 0 spiro atoms. The molecule has 0 N–H and O–H groups in total. The molecular formula is C8H8BrIO2. The van der Waals surface area contributed by atoms with Crippen LogP contribution in [0.15, 0.2) is 16.6 Å². The van der Waals surface area contributed by atoms with Crippen molar-refractivity contribution in [1.29, 1.82) is 0 Å². The highest BCUT2D eigenvalue weighted by Gasteiger charge is 2.06. The second kappa shape index (κ2) is 4.32. The minimum absolute atomic E-state index is 0.741. The lowest BCUT2D eigenvalue weighted by molar-refractivity contribution is 0.354. The standard InChI is InChI=1S/C8H8BrIO2/c1-11-7-3-5(9)6(10)4-8(7)12-2/h3-4H,1-2H3. The van der Waals surface area contributed by atoms with E-state index in [2.05, 4.69) is 38.5 Å². The van der Waals surface area contributed by atoms with Crippen molar-refractivity contribution in [2.24, 2.45) is 0 Å². The number of rotatable bonds is 2. The Morgan fingerprint density at radius 2 is 1.67 bits per heavy atom. The van der Waals surface area contributed by atoms with Crippen molar-refractivity contribution in [3.05, 3.63) is 20.2 Å². The first-order chi connectivity index (χ1) is 5.69. The minimum Gasteiger partial charge on any atom is -0.493 e. The predicted octanol–water partition coefficient (Wildman–Crippen LogP) is 3.07. The van der Waals surface area contributed by atoms with E-state index in [9.17, 15) is 0 Å². The van der Waals surface area contributed by atoms with E-state index in [4.69, 9.17) is 9.47 Å². The molecule has 0 aliphatic rings. The summed E-state index contributed by atoms with van der Waals surface area (Å²) in [5.74, 6) is 1.50. The normalized spacial score (nSPS) is 9.67. The molecule has 0 saturated carbocycles. The molecule has 0 aromatic heterocycles. The number of halogens is 2. The van der Waals surface area contributed by atoms with Crippen LogP contribution in [0.1, 0.15) is 0 Å². The van der Waals surface area contributed by atoms with E-state index in [0.29, 0.717) is 0 Å². The zero-order chi connectivity index (χ0) is 9.14. The Balaban J connectivity index is 3.19. The summed E-state index contributed by atoms with van der Waals surface area (Å²) in [6.45, 7) is 0. The zero-order valence-electron chi connectivity index (χ0n) is 6.73. The number of hydrogen-bond donors (Lipinski definition) is 0. The summed E-state index contributed by atoms with van der Waals surface area (Å²) in [7, 11) is 3.25. The molecule has 12 heavy (non-hydrogen) atoms. The fourth-order valence-corrected chi connectivity index (χ4v) is 1.59. The lowest BCUT2D eigenvalue weighted by Gasteiger charge is -2.08. The molecule has 0 bridgehead atoms. The molecule has 0 radical (unpaired) electrons. The van der Waals surface area contributed by atoms with Crippen molar-refractivity contribution in [3.8, 4) is 11.5 Å². The average Bonchev–Trinajstić information content (AvgIpc) is 2.09. The van der Waals surface area contributed by atoms with Gasteiger partial charge in [-0.2, -0.15) is 0 Å². The Morgan fingerprint density at radius 3 is 2.17 bits per heavy atom. The van der Waals surface area contributed by atoms with Crippen LogP contribution in [0.2, 0.25) is 0 Å². The van der Waals surface area contributed by atoms with Gasteiger partial charge < -0.3 is 9.47 Å². The van der Waals surface area contributed by atoms with Crippen LogP contribution in [0, 0.1) is 3.57 Å². The zero-order valence-corrected chi connectivity index (χ0v) is 10.5. The topological polar surface area (TPSA) is 18.5 Å². The van der Waals surface area contributed by atoms with Gasteiger partial charge >= 0.3 is 0 Å². The second-order valence-corrected chi connectivity index (χ2v) is 4.14. The maximum Gasteiger partial charge on any atom is 0.161 e. The van der Waals surface area contributed by atoms with Crippen LogP contribution in [-0.2, 0) is 0 Å². The van der Waals surface area contributed by atoms with Crippen LogP contribution < -0.4 is 9.47 Å². The fourth-order valence-electron chi connectivity index (χ4n) is 0.829. The molecule has 0 aliphatic heterocycles. The van der Waals surface area contributed by atoms with Crippen molar-refractivity contribution in [1.82, 2.24) is 0 Å². The van der Waals surface area contributed by atoms with Gasteiger partial charge in [-0.3, -0.25) is 0 Å². The first-order valence-electron chi connectivity index (χ1n) is 3.26. The predicted molar refractivity (Wildman–Crippen MR) is 60.0 cm³/mol. The smallest absolute Gasteiger partial charge is 0.161 e. The maximum atomic E-state index is 5.12. The number of ether oxygens (including phenoxy) is 2. The molecule has 0 unspecified atom stereocenters.